The van der Waals surface area contributed by atoms with Crippen LogP contribution >= 0.6 is 15.9 Å². The molecule has 3 atom stereocenters. The van der Waals surface area contributed by atoms with Crippen molar-refractivity contribution >= 4 is 33.6 Å². The van der Waals surface area contributed by atoms with E-state index in [1.54, 1.807) is 17.0 Å². The summed E-state index contributed by atoms with van der Waals surface area (Å²) in [7, 11) is 0. The molecule has 4 rings (SSSR count). The lowest BCUT2D eigenvalue weighted by Gasteiger charge is -2.29. The Bertz CT molecular complexity index is 911. The van der Waals surface area contributed by atoms with Gasteiger partial charge < -0.3 is 10.1 Å². The molecule has 10 heteroatoms. The molecule has 1 aliphatic heterocycles. The van der Waals surface area contributed by atoms with Crippen molar-refractivity contribution in [1.82, 2.24) is 25.5 Å². The van der Waals surface area contributed by atoms with Crippen molar-refractivity contribution in [2.24, 2.45) is 5.92 Å². The number of halogens is 1. The Kier molecular flexibility index (Phi) is 4.60. The zero-order valence-electron chi connectivity index (χ0n) is 15.8. The molecule has 1 aliphatic carbocycles. The fourth-order valence-electron chi connectivity index (χ4n) is 3.57. The van der Waals surface area contributed by atoms with Gasteiger partial charge in [0.2, 0.25) is 11.7 Å². The highest BCUT2D eigenvalue weighted by atomic mass is 79.9. The minimum absolute atomic E-state index is 0.100. The topological polar surface area (TPSA) is 113 Å². The van der Waals surface area contributed by atoms with Gasteiger partial charge in [0.15, 0.2) is 0 Å². The maximum atomic E-state index is 12.9. The van der Waals surface area contributed by atoms with Gasteiger partial charge in [0, 0.05) is 21.8 Å². The van der Waals surface area contributed by atoms with Crippen molar-refractivity contribution in [1.29, 1.82) is 0 Å². The van der Waals surface area contributed by atoms with Gasteiger partial charge in [0.05, 0.1) is 0 Å². The molecule has 0 radical (unpaired) electrons. The Labute approximate surface area is 170 Å². The normalized spacial score (nSPS) is 23.3. The Morgan fingerprint density at radius 2 is 2.07 bits per heavy atom. The molecule has 148 valence electrons. The van der Waals surface area contributed by atoms with E-state index in [0.29, 0.717) is 29.4 Å². The second-order valence-electron chi connectivity index (χ2n) is 8.16. The number of ether oxygens (including phenoxy) is 1. The van der Waals surface area contributed by atoms with Crippen LogP contribution in [-0.2, 0) is 9.53 Å². The summed E-state index contributed by atoms with van der Waals surface area (Å²) in [5.74, 6) is 0.574. The number of piperidine rings is 1. The summed E-state index contributed by atoms with van der Waals surface area (Å²) in [5.41, 5.74) is 0.690. The highest BCUT2D eigenvalue weighted by Gasteiger charge is 2.57. The molecule has 2 N–H and O–H groups in total. The number of aromatic nitrogens is 4. The number of anilines is 1. The predicted molar refractivity (Wildman–Crippen MR) is 104 cm³/mol. The number of benzene rings is 1. The fraction of sp³-hybridized carbons (Fsp3) is 0.500. The summed E-state index contributed by atoms with van der Waals surface area (Å²) in [6.07, 6.45) is 1.16. The summed E-state index contributed by atoms with van der Waals surface area (Å²) in [6.45, 7) is 5.46. The van der Waals surface area contributed by atoms with Gasteiger partial charge in [-0.1, -0.05) is 15.9 Å². The molecule has 0 bridgehead atoms. The number of carbonyl (C=O) groups is 2. The Hall–Kier alpha value is -2.49. The second-order valence-corrected chi connectivity index (χ2v) is 9.07. The number of H-pyrrole nitrogens is 1. The monoisotopic (exact) mass is 448 g/mol. The first kappa shape index (κ1) is 18.9. The van der Waals surface area contributed by atoms with Crippen LogP contribution in [0.3, 0.4) is 0 Å². The average Bonchev–Trinajstić information content (AvgIpc) is 3.02. The van der Waals surface area contributed by atoms with Gasteiger partial charge in [-0.15, -0.1) is 10.2 Å². The van der Waals surface area contributed by atoms with Gasteiger partial charge in [-0.2, -0.15) is 5.21 Å². The third-order valence-corrected chi connectivity index (χ3v) is 5.24. The number of nitrogens with zero attached hydrogens (tertiary/aromatic N) is 4. The smallest absolute Gasteiger partial charge is 0.411 e. The van der Waals surface area contributed by atoms with Crippen LogP contribution in [0.4, 0.5) is 10.5 Å². The van der Waals surface area contributed by atoms with Gasteiger partial charge in [-0.05, 0) is 62.9 Å². The van der Waals surface area contributed by atoms with Gasteiger partial charge >= 0.3 is 6.09 Å². The van der Waals surface area contributed by atoms with Crippen LogP contribution < -0.4 is 5.32 Å². The molecule has 0 spiro atoms. The van der Waals surface area contributed by atoms with E-state index in [0.717, 1.165) is 10.9 Å². The molecular weight excluding hydrogens is 428 g/mol. The van der Waals surface area contributed by atoms with Crippen molar-refractivity contribution in [2.75, 3.05) is 5.32 Å². The standard InChI is InChI=1S/C18H21BrN6O3/c1-18(2,3)28-17(27)25-13-6-9(13)7-14(25)16(26)20-12-5-10(4-11(19)8-12)15-21-23-24-22-15/h4-5,8-9,13-14H,6-7H2,1-3H3,(H,20,26)(H,21,22,23,24)/t9-,13-,14+/m1/s1. The number of hydrogen-bond donors (Lipinski definition) is 2. The Balaban J connectivity index is 1.51. The predicted octanol–water partition coefficient (Wildman–Crippen LogP) is 2.97. The lowest BCUT2D eigenvalue weighted by atomic mass is 10.1. The molecule has 2 aromatic rings. The van der Waals surface area contributed by atoms with E-state index in [1.807, 2.05) is 26.8 Å². The first-order valence-corrected chi connectivity index (χ1v) is 9.87. The lowest BCUT2D eigenvalue weighted by molar-refractivity contribution is -0.120. The molecule has 28 heavy (non-hydrogen) atoms. The Morgan fingerprint density at radius 1 is 1.29 bits per heavy atom. The van der Waals surface area contributed by atoms with Gasteiger partial charge in [-0.25, -0.2) is 4.79 Å². The zero-order chi connectivity index (χ0) is 20.1. The quantitative estimate of drug-likeness (QED) is 0.745. The number of likely N-dealkylation sites (tertiary alicyclic amines) is 1. The van der Waals surface area contributed by atoms with Gasteiger partial charge in [-0.3, -0.25) is 9.69 Å². The number of nitrogens with one attached hydrogen (secondary N) is 2. The minimum Gasteiger partial charge on any atom is -0.444 e. The van der Waals surface area contributed by atoms with E-state index in [2.05, 4.69) is 41.9 Å². The van der Waals surface area contributed by atoms with Crippen molar-refractivity contribution in [3.8, 4) is 11.4 Å². The van der Waals surface area contributed by atoms with E-state index in [1.165, 1.54) is 0 Å². The molecular formula is C18H21BrN6O3. The van der Waals surface area contributed by atoms with Crippen LogP contribution in [0.15, 0.2) is 22.7 Å². The first-order valence-electron chi connectivity index (χ1n) is 9.08. The molecule has 9 nitrogen and oxygen atoms in total. The van der Waals surface area contributed by atoms with Gasteiger partial charge in [0.25, 0.3) is 0 Å². The molecule has 0 unspecified atom stereocenters. The molecule has 1 saturated heterocycles. The average molecular weight is 449 g/mol. The summed E-state index contributed by atoms with van der Waals surface area (Å²) < 4.78 is 6.28. The molecule has 1 aromatic heterocycles. The Morgan fingerprint density at radius 3 is 2.75 bits per heavy atom. The molecule has 1 aromatic carbocycles. The number of hydrogen-bond acceptors (Lipinski definition) is 6. The SMILES string of the molecule is CC(C)(C)OC(=O)N1[C@@H]2C[C@@H]2C[C@H]1C(=O)Nc1cc(Br)cc(-c2nn[nH]n2)c1. The zero-order valence-corrected chi connectivity index (χ0v) is 17.4. The lowest BCUT2D eigenvalue weighted by Crippen LogP contribution is -2.47. The van der Waals surface area contributed by atoms with E-state index < -0.39 is 17.7 Å². The van der Waals surface area contributed by atoms with Crippen LogP contribution in [0.25, 0.3) is 11.4 Å². The van der Waals surface area contributed by atoms with E-state index in [4.69, 9.17) is 4.74 Å². The van der Waals surface area contributed by atoms with E-state index in [9.17, 15) is 9.59 Å². The molecule has 1 saturated carbocycles. The number of aromatic amines is 1. The fourth-order valence-corrected chi connectivity index (χ4v) is 4.06. The van der Waals surface area contributed by atoms with E-state index >= 15 is 0 Å². The third kappa shape index (κ3) is 3.87. The van der Waals surface area contributed by atoms with Crippen LogP contribution in [-0.4, -0.2) is 55.2 Å². The van der Waals surface area contributed by atoms with Gasteiger partial charge in [0.1, 0.15) is 11.6 Å². The molecule has 2 heterocycles. The van der Waals surface area contributed by atoms with Crippen LogP contribution in [0, 0.1) is 5.92 Å². The summed E-state index contributed by atoms with van der Waals surface area (Å²) in [6, 6.07) is 4.95. The number of fused-ring (bicyclic) bond motifs is 1. The number of rotatable bonds is 3. The third-order valence-electron chi connectivity index (χ3n) is 4.78. The van der Waals surface area contributed by atoms with Crippen molar-refractivity contribution < 1.29 is 14.3 Å². The number of carbonyl (C=O) groups excluding carboxylic acids is 2. The summed E-state index contributed by atoms with van der Waals surface area (Å²) in [5, 5.41) is 16.8. The maximum absolute atomic E-state index is 12.9. The van der Waals surface area contributed by atoms with Crippen molar-refractivity contribution in [3.05, 3.63) is 22.7 Å². The van der Waals surface area contributed by atoms with Crippen molar-refractivity contribution in [2.45, 2.75) is 51.3 Å². The van der Waals surface area contributed by atoms with Crippen LogP contribution in [0.2, 0.25) is 0 Å². The van der Waals surface area contributed by atoms with E-state index in [-0.39, 0.29) is 11.9 Å². The molecule has 2 aliphatic rings. The number of amides is 2. The van der Waals surface area contributed by atoms with Crippen LogP contribution in [0.1, 0.15) is 33.6 Å². The number of tetrazole rings is 1. The highest BCUT2D eigenvalue weighted by molar-refractivity contribution is 9.10. The first-order chi connectivity index (χ1) is 13.2. The molecule has 2 amide bonds. The van der Waals surface area contributed by atoms with Crippen LogP contribution in [0.5, 0.6) is 0 Å². The minimum atomic E-state index is -0.602. The summed E-state index contributed by atoms with van der Waals surface area (Å²) >= 11 is 3.43. The second kappa shape index (κ2) is 6.84. The summed E-state index contributed by atoms with van der Waals surface area (Å²) in [4.78, 5) is 27.2. The highest BCUT2D eigenvalue weighted by Crippen LogP contribution is 2.48. The molecule has 2 fully saturated rings. The van der Waals surface area contributed by atoms with Crippen molar-refractivity contribution in [3.63, 3.8) is 0 Å². The maximum Gasteiger partial charge on any atom is 0.411 e. The largest absolute Gasteiger partial charge is 0.444 e.